The Morgan fingerprint density at radius 2 is 1.69 bits per heavy atom. The van der Waals surface area contributed by atoms with Gasteiger partial charge in [-0.25, -0.2) is 4.79 Å². The van der Waals surface area contributed by atoms with Gasteiger partial charge in [0, 0.05) is 29.7 Å². The minimum Gasteiger partial charge on any atom is -0.480 e. The van der Waals surface area contributed by atoms with E-state index in [0.29, 0.717) is 34.3 Å². The van der Waals surface area contributed by atoms with E-state index in [2.05, 4.69) is 31.5 Å². The molecule has 39 heavy (non-hydrogen) atoms. The van der Waals surface area contributed by atoms with Crippen molar-refractivity contribution in [3.63, 3.8) is 0 Å². The Hall–Kier alpha value is -2.50. The van der Waals surface area contributed by atoms with Crippen molar-refractivity contribution in [1.29, 1.82) is 0 Å². The van der Waals surface area contributed by atoms with Gasteiger partial charge in [-0.3, -0.25) is 14.6 Å². The topological polar surface area (TPSA) is 149 Å². The molecule has 2 aliphatic carbocycles. The van der Waals surface area contributed by atoms with Crippen LogP contribution < -0.4 is 10.6 Å². The van der Waals surface area contributed by atoms with Crippen LogP contribution in [0.4, 0.5) is 5.69 Å². The van der Waals surface area contributed by atoms with Crippen LogP contribution in [0.2, 0.25) is 10.0 Å². The molecule has 5 N–H and O–H groups in total. The number of allylic oxidation sites excluding steroid dienone is 2. The number of ketones is 1. The maximum absolute atomic E-state index is 12.8. The molecule has 0 saturated heterocycles. The number of amides is 1. The molecule has 1 saturated carbocycles. The third kappa shape index (κ3) is 6.00. The molecule has 0 radical (unpaired) electrons. The molecule has 0 aliphatic heterocycles. The van der Waals surface area contributed by atoms with E-state index in [4.69, 9.17) is 23.2 Å². The van der Waals surface area contributed by atoms with Crippen molar-refractivity contribution in [2.75, 3.05) is 11.9 Å². The first-order valence-corrected chi connectivity index (χ1v) is 14.1. The Morgan fingerprint density at radius 1 is 1.08 bits per heavy atom. The number of rotatable bonds is 10. The van der Waals surface area contributed by atoms with Gasteiger partial charge in [0.1, 0.15) is 6.04 Å². The molecular weight excluding hydrogens is 613 g/mol. The fourth-order valence-corrected chi connectivity index (χ4v) is 6.79. The molecule has 9 nitrogen and oxygen atoms in total. The second kappa shape index (κ2) is 12.3. The summed E-state index contributed by atoms with van der Waals surface area (Å²) >= 11 is 15.5. The Kier molecular flexibility index (Phi) is 9.33. The molecule has 2 aromatic rings. The molecule has 3 atom stereocenters. The van der Waals surface area contributed by atoms with E-state index >= 15 is 0 Å². The zero-order valence-electron chi connectivity index (χ0n) is 20.8. The van der Waals surface area contributed by atoms with Gasteiger partial charge in [0.25, 0.3) is 5.91 Å². The third-order valence-corrected chi connectivity index (χ3v) is 8.75. The number of pyridine rings is 1. The number of anilines is 1. The van der Waals surface area contributed by atoms with Gasteiger partial charge in [-0.2, -0.15) is 0 Å². The van der Waals surface area contributed by atoms with Crippen LogP contribution in [0.1, 0.15) is 60.4 Å². The van der Waals surface area contributed by atoms with Crippen LogP contribution in [-0.2, 0) is 9.59 Å². The number of Topliss-reactive ketones (excluding diaryl/α,β-unsaturated/α-hetero) is 1. The zero-order chi connectivity index (χ0) is 28.3. The number of carboxylic acids is 1. The lowest BCUT2D eigenvalue weighted by molar-refractivity contribution is -0.141. The molecule has 1 aromatic heterocycles. The highest BCUT2D eigenvalue weighted by molar-refractivity contribution is 9.12. The fourth-order valence-electron chi connectivity index (χ4n) is 5.38. The summed E-state index contributed by atoms with van der Waals surface area (Å²) in [4.78, 5) is 41.9. The van der Waals surface area contributed by atoms with E-state index < -0.39 is 42.0 Å². The summed E-state index contributed by atoms with van der Waals surface area (Å²) in [6.45, 7) is -0.542. The normalized spacial score (nSPS) is 18.7. The number of aliphatic hydroxyl groups excluding tert-OH is 2. The summed E-state index contributed by atoms with van der Waals surface area (Å²) in [5, 5.41) is 36.0. The summed E-state index contributed by atoms with van der Waals surface area (Å²) in [5.74, 6) is -2.50. The van der Waals surface area contributed by atoms with E-state index in [9.17, 15) is 29.7 Å². The van der Waals surface area contributed by atoms with Crippen LogP contribution in [0, 0.1) is 5.41 Å². The van der Waals surface area contributed by atoms with E-state index in [1.54, 1.807) is 24.3 Å². The highest BCUT2D eigenvalue weighted by Crippen LogP contribution is 2.53. The lowest BCUT2D eigenvalue weighted by Crippen LogP contribution is -2.54. The lowest BCUT2D eigenvalue weighted by atomic mass is 9.62. The average molecular weight is 641 g/mol. The maximum Gasteiger partial charge on any atom is 0.326 e. The predicted molar refractivity (Wildman–Crippen MR) is 150 cm³/mol. The molecule has 2 aliphatic rings. The van der Waals surface area contributed by atoms with Crippen molar-refractivity contribution in [2.24, 2.45) is 5.41 Å². The number of nitrogens with zero attached hydrogens (tertiary/aromatic N) is 1. The van der Waals surface area contributed by atoms with Crippen molar-refractivity contribution in [3.8, 4) is 0 Å². The number of aliphatic hydroxyl groups is 2. The van der Waals surface area contributed by atoms with E-state index in [1.807, 2.05) is 0 Å². The molecule has 4 rings (SSSR count). The summed E-state index contributed by atoms with van der Waals surface area (Å²) in [6.07, 6.45) is 5.48. The molecule has 0 bridgehead atoms. The summed E-state index contributed by atoms with van der Waals surface area (Å²) < 4.78 is 0.351. The number of carbonyl (C=O) groups excluding carboxylic acids is 2. The number of benzene rings is 1. The van der Waals surface area contributed by atoms with Gasteiger partial charge in [-0.15, -0.1) is 0 Å². The highest BCUT2D eigenvalue weighted by Gasteiger charge is 2.54. The van der Waals surface area contributed by atoms with Gasteiger partial charge in [0.2, 0.25) is 0 Å². The SMILES string of the molecule is O=C(Nc1ccc(C(CC(O)CO)[C@H](NC2=C(Br)C(=O)C23CCCCC3)C(=O)O)cc1)c1c(Cl)cncc1Cl. The van der Waals surface area contributed by atoms with Crippen molar-refractivity contribution in [3.05, 3.63) is 68.0 Å². The highest BCUT2D eigenvalue weighted by atomic mass is 79.9. The van der Waals surface area contributed by atoms with Gasteiger partial charge in [0.15, 0.2) is 5.78 Å². The van der Waals surface area contributed by atoms with Crippen LogP contribution in [0.25, 0.3) is 0 Å². The van der Waals surface area contributed by atoms with Crippen molar-refractivity contribution >= 4 is 62.5 Å². The number of carboxylic acid groups (broad SMARTS) is 1. The summed E-state index contributed by atoms with van der Waals surface area (Å²) in [6, 6.07) is 5.28. The second-order valence-corrected chi connectivity index (χ2v) is 11.5. The minimum absolute atomic E-state index is 0.0183. The first kappa shape index (κ1) is 29.5. The molecule has 1 amide bonds. The fraction of sp³-hybridized carbons (Fsp3) is 0.407. The van der Waals surface area contributed by atoms with Crippen LogP contribution in [0.3, 0.4) is 0 Å². The monoisotopic (exact) mass is 639 g/mol. The molecule has 1 fully saturated rings. The predicted octanol–water partition coefficient (Wildman–Crippen LogP) is 4.65. The van der Waals surface area contributed by atoms with Gasteiger partial charge in [-0.1, -0.05) is 54.6 Å². The first-order chi connectivity index (χ1) is 18.6. The average Bonchev–Trinajstić information content (AvgIpc) is 2.92. The molecule has 1 heterocycles. The molecule has 2 unspecified atom stereocenters. The number of hydrogen-bond donors (Lipinski definition) is 5. The summed E-state index contributed by atoms with van der Waals surface area (Å²) in [5.41, 5.74) is 0.903. The van der Waals surface area contributed by atoms with Gasteiger partial charge in [-0.05, 0) is 52.9 Å². The van der Waals surface area contributed by atoms with Crippen molar-refractivity contribution < 1.29 is 29.7 Å². The Balaban J connectivity index is 1.60. The lowest BCUT2D eigenvalue weighted by Gasteiger charge is -2.46. The molecule has 12 heteroatoms. The smallest absolute Gasteiger partial charge is 0.326 e. The number of aliphatic carboxylic acids is 1. The Morgan fingerprint density at radius 3 is 2.26 bits per heavy atom. The van der Waals surface area contributed by atoms with E-state index in [-0.39, 0.29) is 27.8 Å². The summed E-state index contributed by atoms with van der Waals surface area (Å²) in [7, 11) is 0. The first-order valence-electron chi connectivity index (χ1n) is 12.5. The van der Waals surface area contributed by atoms with Crippen LogP contribution in [-0.4, -0.2) is 56.7 Å². The standard InChI is InChI=1S/C27H28BrCl2N3O6/c28-21-23(27(24(21)36)8-2-1-3-9-27)33-22(26(38)39)17(10-16(35)13-34)14-4-6-15(7-5-14)32-25(37)20-18(29)11-31-12-19(20)30/h4-7,11-12,16-17,22,33-35H,1-3,8-10,13H2,(H,32,37)(H,38,39)/t16?,17?,22-/m0/s1. The number of nitrogens with one attached hydrogen (secondary N) is 2. The van der Waals surface area contributed by atoms with E-state index in [1.165, 1.54) is 12.4 Å². The van der Waals surface area contributed by atoms with Crippen molar-refractivity contribution in [2.45, 2.75) is 56.6 Å². The van der Waals surface area contributed by atoms with Gasteiger partial charge >= 0.3 is 5.97 Å². The molecule has 1 aromatic carbocycles. The Labute approximate surface area is 243 Å². The van der Waals surface area contributed by atoms with Gasteiger partial charge < -0.3 is 26.0 Å². The largest absolute Gasteiger partial charge is 0.480 e. The van der Waals surface area contributed by atoms with Gasteiger partial charge in [0.05, 0.1) is 38.2 Å². The van der Waals surface area contributed by atoms with Crippen LogP contribution >= 0.6 is 39.1 Å². The number of halogens is 3. The minimum atomic E-state index is -1.20. The molecular formula is C27H28BrCl2N3O6. The van der Waals surface area contributed by atoms with Crippen LogP contribution in [0.15, 0.2) is 46.8 Å². The van der Waals surface area contributed by atoms with Crippen molar-refractivity contribution in [1.82, 2.24) is 10.3 Å². The Bertz CT molecular complexity index is 1280. The number of hydrogen-bond acceptors (Lipinski definition) is 7. The second-order valence-electron chi connectivity index (χ2n) is 9.85. The van der Waals surface area contributed by atoms with Crippen LogP contribution in [0.5, 0.6) is 0 Å². The third-order valence-electron chi connectivity index (χ3n) is 7.42. The molecule has 1 spiro atoms. The number of carbonyl (C=O) groups is 3. The number of aromatic nitrogens is 1. The maximum atomic E-state index is 12.8. The quantitative estimate of drug-likeness (QED) is 0.252. The zero-order valence-corrected chi connectivity index (χ0v) is 23.9. The van der Waals surface area contributed by atoms with E-state index in [0.717, 1.165) is 19.3 Å². The molecule has 208 valence electrons.